The second-order valence-corrected chi connectivity index (χ2v) is 5.19. The van der Waals surface area contributed by atoms with Gasteiger partial charge in [0.2, 0.25) is 5.91 Å². The summed E-state index contributed by atoms with van der Waals surface area (Å²) >= 11 is 0. The fraction of sp³-hybridized carbons (Fsp3) is 0.429. The molecule has 1 aliphatic heterocycles. The highest BCUT2D eigenvalue weighted by molar-refractivity contribution is 5.90. The molecule has 0 aliphatic carbocycles. The van der Waals surface area contributed by atoms with Crippen molar-refractivity contribution in [1.82, 2.24) is 25.1 Å². The average Bonchev–Trinajstić information content (AvgIpc) is 3.19. The summed E-state index contributed by atoms with van der Waals surface area (Å²) in [4.78, 5) is 20.0. The highest BCUT2D eigenvalue weighted by Crippen LogP contribution is 2.15. The van der Waals surface area contributed by atoms with Crippen LogP contribution in [0.1, 0.15) is 19.3 Å². The van der Waals surface area contributed by atoms with Gasteiger partial charge in [-0.15, -0.1) is 0 Å². The van der Waals surface area contributed by atoms with Crippen LogP contribution in [0.25, 0.3) is 5.82 Å². The molecule has 0 saturated carbocycles. The van der Waals surface area contributed by atoms with Gasteiger partial charge in [0, 0.05) is 6.42 Å². The lowest BCUT2D eigenvalue weighted by Crippen LogP contribution is -2.15. The van der Waals surface area contributed by atoms with Crippen LogP contribution in [0, 0.1) is 5.92 Å². The van der Waals surface area contributed by atoms with Crippen LogP contribution in [0.2, 0.25) is 0 Å². The van der Waals surface area contributed by atoms with Crippen molar-refractivity contribution < 1.29 is 4.79 Å². The van der Waals surface area contributed by atoms with Crippen molar-refractivity contribution in [2.75, 3.05) is 18.4 Å². The summed E-state index contributed by atoms with van der Waals surface area (Å²) in [7, 11) is 0. The predicted molar refractivity (Wildman–Crippen MR) is 78.0 cm³/mol. The van der Waals surface area contributed by atoms with Crippen LogP contribution in [-0.2, 0) is 4.79 Å². The molecule has 1 aliphatic rings. The van der Waals surface area contributed by atoms with Gasteiger partial charge in [0.05, 0.1) is 11.9 Å². The molecule has 1 atom stereocenters. The number of pyridine rings is 1. The summed E-state index contributed by atoms with van der Waals surface area (Å²) in [5.74, 6) is 1.34. The Balaban J connectivity index is 1.51. The number of nitrogens with zero attached hydrogens (tertiary/aromatic N) is 4. The smallest absolute Gasteiger partial charge is 0.224 e. The summed E-state index contributed by atoms with van der Waals surface area (Å²) in [6, 6.07) is 3.62. The molecule has 0 bridgehead atoms. The molecule has 0 spiro atoms. The fourth-order valence-corrected chi connectivity index (χ4v) is 2.44. The van der Waals surface area contributed by atoms with Gasteiger partial charge in [-0.05, 0) is 44.0 Å². The Morgan fingerprint density at radius 3 is 3.10 bits per heavy atom. The molecule has 1 saturated heterocycles. The molecule has 0 aromatic carbocycles. The molecular formula is C14H18N6O. The SMILES string of the molecule is O=C(CCC1CCNC1)Nc1ccc(-n2cncn2)nc1. The molecule has 2 aromatic heterocycles. The first-order valence-corrected chi connectivity index (χ1v) is 7.13. The maximum Gasteiger partial charge on any atom is 0.224 e. The third-order valence-electron chi connectivity index (χ3n) is 3.63. The summed E-state index contributed by atoms with van der Waals surface area (Å²) in [6.07, 6.45) is 7.32. The van der Waals surface area contributed by atoms with Crippen molar-refractivity contribution in [3.8, 4) is 5.82 Å². The Hall–Kier alpha value is -2.28. The van der Waals surface area contributed by atoms with Crippen molar-refractivity contribution in [2.24, 2.45) is 5.92 Å². The van der Waals surface area contributed by atoms with Crippen LogP contribution in [0.4, 0.5) is 5.69 Å². The van der Waals surface area contributed by atoms with Gasteiger partial charge in [-0.2, -0.15) is 5.10 Å². The van der Waals surface area contributed by atoms with E-state index in [1.165, 1.54) is 12.7 Å². The maximum absolute atomic E-state index is 11.9. The van der Waals surface area contributed by atoms with E-state index < -0.39 is 0 Å². The number of nitrogens with one attached hydrogen (secondary N) is 2. The van der Waals surface area contributed by atoms with E-state index in [0.29, 0.717) is 23.8 Å². The molecule has 3 rings (SSSR count). The topological polar surface area (TPSA) is 84.7 Å². The van der Waals surface area contributed by atoms with E-state index in [-0.39, 0.29) is 5.91 Å². The van der Waals surface area contributed by atoms with E-state index in [1.54, 1.807) is 23.3 Å². The standard InChI is InChI=1S/C14H18N6O/c21-14(4-1-11-5-6-15-7-11)19-12-2-3-13(17-8-12)20-10-16-9-18-20/h2-3,8-11,15H,1,4-7H2,(H,19,21). The Morgan fingerprint density at radius 2 is 2.43 bits per heavy atom. The molecule has 7 nitrogen and oxygen atoms in total. The quantitative estimate of drug-likeness (QED) is 0.856. The van der Waals surface area contributed by atoms with Gasteiger partial charge in [-0.3, -0.25) is 4.79 Å². The molecule has 2 N–H and O–H groups in total. The highest BCUT2D eigenvalue weighted by atomic mass is 16.1. The lowest BCUT2D eigenvalue weighted by molar-refractivity contribution is -0.116. The molecule has 1 amide bonds. The number of anilines is 1. The van der Waals surface area contributed by atoms with E-state index in [4.69, 9.17) is 0 Å². The zero-order valence-electron chi connectivity index (χ0n) is 11.7. The number of hydrogen-bond donors (Lipinski definition) is 2. The van der Waals surface area contributed by atoms with Crippen LogP contribution >= 0.6 is 0 Å². The lowest BCUT2D eigenvalue weighted by Gasteiger charge is -2.09. The molecule has 0 radical (unpaired) electrons. The van der Waals surface area contributed by atoms with Crippen LogP contribution < -0.4 is 10.6 Å². The van der Waals surface area contributed by atoms with E-state index in [1.807, 2.05) is 6.07 Å². The lowest BCUT2D eigenvalue weighted by atomic mass is 10.0. The van der Waals surface area contributed by atoms with Crippen molar-refractivity contribution in [2.45, 2.75) is 19.3 Å². The number of carbonyl (C=O) groups excluding carboxylic acids is 1. The van der Waals surface area contributed by atoms with Crippen LogP contribution in [0.15, 0.2) is 31.0 Å². The third kappa shape index (κ3) is 3.63. The highest BCUT2D eigenvalue weighted by Gasteiger charge is 2.15. The minimum absolute atomic E-state index is 0.0391. The zero-order valence-corrected chi connectivity index (χ0v) is 11.7. The van der Waals surface area contributed by atoms with Crippen LogP contribution in [0.5, 0.6) is 0 Å². The van der Waals surface area contributed by atoms with Crippen molar-refractivity contribution in [1.29, 1.82) is 0 Å². The largest absolute Gasteiger partial charge is 0.325 e. The number of aromatic nitrogens is 4. The van der Waals surface area contributed by atoms with Crippen molar-refractivity contribution >= 4 is 11.6 Å². The first kappa shape index (κ1) is 13.7. The van der Waals surface area contributed by atoms with E-state index in [0.717, 1.165) is 19.5 Å². The molecule has 2 aromatic rings. The van der Waals surface area contributed by atoms with Gasteiger partial charge in [-0.25, -0.2) is 14.6 Å². The summed E-state index contributed by atoms with van der Waals surface area (Å²) < 4.78 is 1.57. The predicted octanol–water partition coefficient (Wildman–Crippen LogP) is 0.990. The van der Waals surface area contributed by atoms with Gasteiger partial charge < -0.3 is 10.6 Å². The van der Waals surface area contributed by atoms with Gasteiger partial charge in [0.15, 0.2) is 5.82 Å². The Bertz CT molecular complexity index is 574. The second-order valence-electron chi connectivity index (χ2n) is 5.19. The van der Waals surface area contributed by atoms with Gasteiger partial charge in [0.25, 0.3) is 0 Å². The minimum atomic E-state index is 0.0391. The fourth-order valence-electron chi connectivity index (χ4n) is 2.44. The molecule has 7 heteroatoms. The Labute approximate surface area is 122 Å². The number of carbonyl (C=O) groups is 1. The van der Waals surface area contributed by atoms with Crippen LogP contribution in [0.3, 0.4) is 0 Å². The molecule has 1 fully saturated rings. The summed E-state index contributed by atoms with van der Waals surface area (Å²) in [5, 5.41) is 10.2. The Morgan fingerprint density at radius 1 is 1.48 bits per heavy atom. The van der Waals surface area contributed by atoms with E-state index in [2.05, 4.69) is 25.7 Å². The molecule has 1 unspecified atom stereocenters. The van der Waals surface area contributed by atoms with Crippen LogP contribution in [-0.4, -0.2) is 38.7 Å². The zero-order chi connectivity index (χ0) is 14.5. The maximum atomic E-state index is 11.9. The number of rotatable bonds is 5. The first-order valence-electron chi connectivity index (χ1n) is 7.13. The van der Waals surface area contributed by atoms with Gasteiger partial charge in [-0.1, -0.05) is 0 Å². The number of amides is 1. The van der Waals surface area contributed by atoms with Crippen molar-refractivity contribution in [3.63, 3.8) is 0 Å². The van der Waals surface area contributed by atoms with Gasteiger partial charge >= 0.3 is 0 Å². The molecule has 3 heterocycles. The average molecular weight is 286 g/mol. The normalized spacial score (nSPS) is 17.8. The third-order valence-corrected chi connectivity index (χ3v) is 3.63. The summed E-state index contributed by atoms with van der Waals surface area (Å²) in [5.41, 5.74) is 0.702. The first-order chi connectivity index (χ1) is 10.3. The monoisotopic (exact) mass is 286 g/mol. The Kier molecular flexibility index (Phi) is 4.20. The van der Waals surface area contributed by atoms with E-state index >= 15 is 0 Å². The minimum Gasteiger partial charge on any atom is -0.325 e. The summed E-state index contributed by atoms with van der Waals surface area (Å²) in [6.45, 7) is 2.10. The molecular weight excluding hydrogens is 268 g/mol. The van der Waals surface area contributed by atoms with Crippen molar-refractivity contribution in [3.05, 3.63) is 31.0 Å². The number of hydrogen-bond acceptors (Lipinski definition) is 5. The van der Waals surface area contributed by atoms with E-state index in [9.17, 15) is 4.79 Å². The van der Waals surface area contributed by atoms with Gasteiger partial charge in [0.1, 0.15) is 12.7 Å². The second kappa shape index (κ2) is 6.45. The molecule has 110 valence electrons. The molecule has 21 heavy (non-hydrogen) atoms.